The average Bonchev–Trinajstić information content (AvgIpc) is 3.21. The smallest absolute Gasteiger partial charge is 0.187 e. The molecule has 2 N–H and O–H groups in total. The molecule has 0 radical (unpaired) electrons. The van der Waals surface area contributed by atoms with Crippen molar-refractivity contribution in [1.29, 1.82) is 0 Å². The lowest BCUT2D eigenvalue weighted by Crippen LogP contribution is -2.29. The maximum atomic E-state index is 12.3. The third-order valence-electron chi connectivity index (χ3n) is 4.57. The van der Waals surface area contributed by atoms with E-state index in [0.717, 1.165) is 41.2 Å². The number of rotatable bonds is 4. The van der Waals surface area contributed by atoms with Gasteiger partial charge in [-0.25, -0.2) is 4.98 Å². The standard InChI is InChI=1S/C18H21N5O/c1-12-7-15(22-21-12)16(24)9-13-8-14-10-17(20-18(14)19-11-13)23-5-3-2-4-6-23/h7-8,10-11H,2-6,9H2,1H3,(H,19,20)(H,21,22). The van der Waals surface area contributed by atoms with Crippen LogP contribution in [0.2, 0.25) is 0 Å². The predicted molar refractivity (Wildman–Crippen MR) is 93.5 cm³/mol. The fraction of sp³-hybridized carbons (Fsp3) is 0.389. The van der Waals surface area contributed by atoms with Crippen molar-refractivity contribution in [3.8, 4) is 0 Å². The summed E-state index contributed by atoms with van der Waals surface area (Å²) in [5.41, 5.74) is 3.17. The molecule has 24 heavy (non-hydrogen) atoms. The third kappa shape index (κ3) is 2.91. The van der Waals surface area contributed by atoms with Crippen molar-refractivity contribution in [1.82, 2.24) is 20.2 Å². The summed E-state index contributed by atoms with van der Waals surface area (Å²) in [5, 5.41) is 7.89. The Hall–Kier alpha value is -2.63. The van der Waals surface area contributed by atoms with Gasteiger partial charge >= 0.3 is 0 Å². The Morgan fingerprint density at radius 3 is 2.79 bits per heavy atom. The minimum atomic E-state index is 0.00675. The van der Waals surface area contributed by atoms with Crippen molar-refractivity contribution < 1.29 is 4.79 Å². The van der Waals surface area contributed by atoms with Crippen LogP contribution in [0.15, 0.2) is 24.4 Å². The third-order valence-corrected chi connectivity index (χ3v) is 4.57. The van der Waals surface area contributed by atoms with Crippen LogP contribution in [0.1, 0.15) is 41.0 Å². The first-order valence-corrected chi connectivity index (χ1v) is 8.47. The number of Topliss-reactive ketones (excluding diaryl/α,β-unsaturated/α-hetero) is 1. The van der Waals surface area contributed by atoms with Crippen LogP contribution in [0.4, 0.5) is 5.82 Å². The van der Waals surface area contributed by atoms with Crippen LogP contribution in [-0.4, -0.2) is 39.0 Å². The second-order valence-corrected chi connectivity index (χ2v) is 6.52. The zero-order chi connectivity index (χ0) is 16.5. The van der Waals surface area contributed by atoms with Gasteiger partial charge in [-0.1, -0.05) is 0 Å². The Labute approximate surface area is 140 Å². The minimum absolute atomic E-state index is 0.00675. The molecule has 1 fully saturated rings. The van der Waals surface area contributed by atoms with Crippen LogP contribution in [0, 0.1) is 6.92 Å². The second-order valence-electron chi connectivity index (χ2n) is 6.52. The van der Waals surface area contributed by atoms with Crippen LogP contribution in [0.5, 0.6) is 0 Å². The highest BCUT2D eigenvalue weighted by molar-refractivity contribution is 5.96. The molecule has 0 aromatic carbocycles. The lowest BCUT2D eigenvalue weighted by atomic mass is 10.1. The van der Waals surface area contributed by atoms with Gasteiger partial charge in [-0.2, -0.15) is 5.10 Å². The van der Waals surface area contributed by atoms with Gasteiger partial charge < -0.3 is 9.88 Å². The summed E-state index contributed by atoms with van der Waals surface area (Å²) in [6.07, 6.45) is 5.89. The number of hydrogen-bond donors (Lipinski definition) is 2. The second kappa shape index (κ2) is 6.11. The first kappa shape index (κ1) is 14.9. The zero-order valence-electron chi connectivity index (χ0n) is 13.8. The van der Waals surface area contributed by atoms with Crippen molar-refractivity contribution >= 4 is 22.6 Å². The quantitative estimate of drug-likeness (QED) is 0.724. The summed E-state index contributed by atoms with van der Waals surface area (Å²) >= 11 is 0. The minimum Gasteiger partial charge on any atom is -0.358 e. The van der Waals surface area contributed by atoms with Gasteiger partial charge in [0, 0.05) is 36.8 Å². The van der Waals surface area contributed by atoms with E-state index in [-0.39, 0.29) is 5.78 Å². The molecular weight excluding hydrogens is 302 g/mol. The molecule has 3 aromatic heterocycles. The van der Waals surface area contributed by atoms with Gasteiger partial charge in [-0.05, 0) is 49.9 Å². The van der Waals surface area contributed by atoms with E-state index in [1.54, 1.807) is 12.3 Å². The number of nitrogens with zero attached hydrogens (tertiary/aromatic N) is 3. The van der Waals surface area contributed by atoms with E-state index in [0.29, 0.717) is 12.1 Å². The number of pyridine rings is 1. The number of H-pyrrole nitrogens is 2. The number of piperidine rings is 1. The molecule has 0 amide bonds. The van der Waals surface area contributed by atoms with E-state index in [1.807, 2.05) is 13.0 Å². The van der Waals surface area contributed by atoms with Crippen LogP contribution in [0.25, 0.3) is 11.0 Å². The molecule has 0 aliphatic carbocycles. The summed E-state index contributed by atoms with van der Waals surface area (Å²) < 4.78 is 0. The van der Waals surface area contributed by atoms with Crippen LogP contribution < -0.4 is 4.90 Å². The molecule has 0 saturated carbocycles. The van der Waals surface area contributed by atoms with Crippen molar-refractivity contribution in [2.75, 3.05) is 18.0 Å². The van der Waals surface area contributed by atoms with E-state index in [4.69, 9.17) is 0 Å². The normalized spacial score (nSPS) is 15.1. The van der Waals surface area contributed by atoms with E-state index < -0.39 is 0 Å². The summed E-state index contributed by atoms with van der Waals surface area (Å²) in [6.45, 7) is 4.08. The Bertz CT molecular complexity index is 873. The molecule has 6 nitrogen and oxygen atoms in total. The van der Waals surface area contributed by atoms with E-state index in [1.165, 1.54) is 19.3 Å². The predicted octanol–water partition coefficient (Wildman–Crippen LogP) is 3.01. The molecule has 0 atom stereocenters. The number of hydrogen-bond acceptors (Lipinski definition) is 4. The first-order chi connectivity index (χ1) is 11.7. The van der Waals surface area contributed by atoms with Gasteiger partial charge in [0.2, 0.25) is 0 Å². The Morgan fingerprint density at radius 1 is 1.21 bits per heavy atom. The molecule has 0 bridgehead atoms. The zero-order valence-corrected chi connectivity index (χ0v) is 13.8. The van der Waals surface area contributed by atoms with E-state index >= 15 is 0 Å². The first-order valence-electron chi connectivity index (χ1n) is 8.47. The fourth-order valence-corrected chi connectivity index (χ4v) is 3.29. The molecule has 1 aliphatic heterocycles. The molecule has 1 saturated heterocycles. The van der Waals surface area contributed by atoms with Gasteiger partial charge in [0.1, 0.15) is 17.2 Å². The molecule has 6 heteroatoms. The van der Waals surface area contributed by atoms with Crippen molar-refractivity contribution in [2.24, 2.45) is 0 Å². The highest BCUT2D eigenvalue weighted by Gasteiger charge is 2.15. The SMILES string of the molecule is Cc1cc(C(=O)Cc2cnc3[nH]c(N4CCCCC4)cc3c2)n[nH]1. The molecule has 4 heterocycles. The van der Waals surface area contributed by atoms with Crippen LogP contribution in [0.3, 0.4) is 0 Å². The van der Waals surface area contributed by atoms with Gasteiger partial charge in [0.05, 0.1) is 0 Å². The topological polar surface area (TPSA) is 77.7 Å². The lowest BCUT2D eigenvalue weighted by molar-refractivity contribution is 0.0988. The lowest BCUT2D eigenvalue weighted by Gasteiger charge is -2.27. The molecule has 0 unspecified atom stereocenters. The van der Waals surface area contributed by atoms with Gasteiger partial charge in [-0.15, -0.1) is 0 Å². The van der Waals surface area contributed by atoms with Gasteiger partial charge in [0.25, 0.3) is 0 Å². The maximum Gasteiger partial charge on any atom is 0.187 e. The number of aromatic nitrogens is 4. The molecule has 4 rings (SSSR count). The highest BCUT2D eigenvalue weighted by atomic mass is 16.1. The Kier molecular flexibility index (Phi) is 3.80. The molecule has 3 aromatic rings. The van der Waals surface area contributed by atoms with Gasteiger partial charge in [-0.3, -0.25) is 9.89 Å². The number of ketones is 1. The number of carbonyl (C=O) groups is 1. The van der Waals surface area contributed by atoms with Crippen molar-refractivity contribution in [3.05, 3.63) is 41.3 Å². The number of carbonyl (C=O) groups excluding carboxylic acids is 1. The Balaban J connectivity index is 1.55. The van der Waals surface area contributed by atoms with Gasteiger partial charge in [0.15, 0.2) is 5.78 Å². The molecule has 124 valence electrons. The number of aromatic amines is 2. The molecular formula is C18H21N5O. The number of fused-ring (bicyclic) bond motifs is 1. The Morgan fingerprint density at radius 2 is 2.04 bits per heavy atom. The van der Waals surface area contributed by atoms with Crippen LogP contribution in [-0.2, 0) is 6.42 Å². The number of nitrogens with one attached hydrogen (secondary N) is 2. The fourth-order valence-electron chi connectivity index (χ4n) is 3.29. The average molecular weight is 323 g/mol. The molecule has 0 spiro atoms. The largest absolute Gasteiger partial charge is 0.358 e. The maximum absolute atomic E-state index is 12.3. The summed E-state index contributed by atoms with van der Waals surface area (Å²) in [7, 11) is 0. The number of aryl methyl sites for hydroxylation is 1. The summed E-state index contributed by atoms with van der Waals surface area (Å²) in [6, 6.07) is 5.96. The number of anilines is 1. The summed E-state index contributed by atoms with van der Waals surface area (Å²) in [5.74, 6) is 1.14. The van der Waals surface area contributed by atoms with Crippen molar-refractivity contribution in [2.45, 2.75) is 32.6 Å². The van der Waals surface area contributed by atoms with E-state index in [2.05, 4.69) is 31.1 Å². The summed E-state index contributed by atoms with van der Waals surface area (Å²) in [4.78, 5) is 22.5. The van der Waals surface area contributed by atoms with E-state index in [9.17, 15) is 4.79 Å². The molecule has 1 aliphatic rings. The highest BCUT2D eigenvalue weighted by Crippen LogP contribution is 2.24. The monoisotopic (exact) mass is 323 g/mol. The van der Waals surface area contributed by atoms with Crippen LogP contribution >= 0.6 is 0 Å². The van der Waals surface area contributed by atoms with Crippen molar-refractivity contribution in [3.63, 3.8) is 0 Å².